The Morgan fingerprint density at radius 2 is 1.41 bits per heavy atom. The lowest BCUT2D eigenvalue weighted by atomic mass is 9.94. The van der Waals surface area contributed by atoms with Crippen molar-refractivity contribution in [1.29, 1.82) is 0 Å². The molecule has 0 aromatic rings. The predicted molar refractivity (Wildman–Crippen MR) is 79.7 cm³/mol. The fraction of sp³-hybridized carbons (Fsp3) is 0.833. The number of hydrogen-bond acceptors (Lipinski definition) is 3. The molecule has 0 aliphatic rings. The minimum atomic E-state index is -2.27. The monoisotopic (exact) mass is 275 g/mol. The SMILES string of the molecule is CO[Si](C)(N/C(=C\[Si](C)(C)C)C(C)(C)C)OC. The molecule has 0 unspecified atom stereocenters. The first kappa shape index (κ1) is 16.9. The minimum absolute atomic E-state index is 0.0889. The van der Waals surface area contributed by atoms with Crippen LogP contribution in [0.5, 0.6) is 0 Å². The average molecular weight is 276 g/mol. The topological polar surface area (TPSA) is 30.5 Å². The van der Waals surface area contributed by atoms with Gasteiger partial charge in [0.2, 0.25) is 0 Å². The molecule has 102 valence electrons. The van der Waals surface area contributed by atoms with Crippen LogP contribution in [0.1, 0.15) is 20.8 Å². The van der Waals surface area contributed by atoms with Gasteiger partial charge in [0.25, 0.3) is 0 Å². The van der Waals surface area contributed by atoms with E-state index in [1.165, 1.54) is 5.70 Å². The molecule has 0 radical (unpaired) electrons. The molecule has 0 aliphatic carbocycles. The summed E-state index contributed by atoms with van der Waals surface area (Å²) in [6.07, 6.45) is 0. The fourth-order valence-electron chi connectivity index (χ4n) is 1.30. The highest BCUT2D eigenvalue weighted by Gasteiger charge is 2.34. The Hall–Kier alpha value is -0.106. The van der Waals surface area contributed by atoms with Crippen molar-refractivity contribution in [3.05, 3.63) is 11.4 Å². The Bertz CT molecular complexity index is 273. The van der Waals surface area contributed by atoms with Gasteiger partial charge in [-0.2, -0.15) is 0 Å². The number of allylic oxidation sites excluding steroid dienone is 1. The Morgan fingerprint density at radius 1 is 1.00 bits per heavy atom. The van der Waals surface area contributed by atoms with Crippen LogP contribution in [0.25, 0.3) is 0 Å². The Labute approximate surface area is 109 Å². The highest BCUT2D eigenvalue weighted by atomic mass is 28.4. The molecule has 0 atom stereocenters. The number of hydrogen-bond donors (Lipinski definition) is 1. The molecule has 0 aromatic heterocycles. The molecule has 1 N–H and O–H groups in total. The smallest absolute Gasteiger partial charge is 0.382 e. The molecule has 0 aromatic carbocycles. The molecule has 0 bridgehead atoms. The Balaban J connectivity index is 5.19. The molecule has 0 spiro atoms. The van der Waals surface area contributed by atoms with Crippen LogP contribution in [0.2, 0.25) is 26.2 Å². The van der Waals surface area contributed by atoms with Crippen molar-refractivity contribution < 1.29 is 8.85 Å². The maximum absolute atomic E-state index is 5.51. The lowest BCUT2D eigenvalue weighted by Crippen LogP contribution is -2.53. The largest absolute Gasteiger partial charge is 0.452 e. The van der Waals surface area contributed by atoms with Crippen LogP contribution in [-0.2, 0) is 8.85 Å². The maximum atomic E-state index is 5.51. The zero-order chi connectivity index (χ0) is 13.9. The van der Waals surface area contributed by atoms with Crippen LogP contribution in [0.3, 0.4) is 0 Å². The van der Waals surface area contributed by atoms with E-state index >= 15 is 0 Å². The first-order chi connectivity index (χ1) is 7.43. The van der Waals surface area contributed by atoms with E-state index in [2.05, 4.69) is 51.1 Å². The summed E-state index contributed by atoms with van der Waals surface area (Å²) in [5.74, 6) is 0. The van der Waals surface area contributed by atoms with Gasteiger partial charge in [-0.3, -0.25) is 0 Å². The summed E-state index contributed by atoms with van der Waals surface area (Å²) < 4.78 is 11.0. The van der Waals surface area contributed by atoms with Gasteiger partial charge in [0.15, 0.2) is 0 Å². The Morgan fingerprint density at radius 3 is 1.65 bits per heavy atom. The summed E-state index contributed by atoms with van der Waals surface area (Å²) in [5, 5.41) is 0. The van der Waals surface area contributed by atoms with Gasteiger partial charge >= 0.3 is 8.72 Å². The predicted octanol–water partition coefficient (Wildman–Crippen LogP) is 3.24. The second kappa shape index (κ2) is 5.69. The Kier molecular flexibility index (Phi) is 5.65. The van der Waals surface area contributed by atoms with Crippen LogP contribution in [-0.4, -0.2) is 31.0 Å². The standard InChI is InChI=1S/C12H29NO2Si2/c1-12(2,3)11(10-16(6,7)8)13-17(9,14-4)15-5/h10,13H,1-9H3/b11-10-. The van der Waals surface area contributed by atoms with Gasteiger partial charge in [0.1, 0.15) is 0 Å². The molecule has 0 rings (SSSR count). The van der Waals surface area contributed by atoms with E-state index in [0.717, 1.165) is 0 Å². The van der Waals surface area contributed by atoms with Crippen LogP contribution < -0.4 is 4.98 Å². The first-order valence-corrected chi connectivity index (χ1v) is 11.9. The molecular formula is C12H29NO2Si2. The van der Waals surface area contributed by atoms with E-state index in [1.54, 1.807) is 14.2 Å². The van der Waals surface area contributed by atoms with Gasteiger partial charge in [0.05, 0.1) is 8.07 Å². The highest BCUT2D eigenvalue weighted by Crippen LogP contribution is 2.26. The quantitative estimate of drug-likeness (QED) is 0.781. The second-order valence-electron chi connectivity index (χ2n) is 6.65. The lowest BCUT2D eigenvalue weighted by molar-refractivity contribution is 0.236. The van der Waals surface area contributed by atoms with Crippen LogP contribution >= 0.6 is 0 Å². The second-order valence-corrected chi connectivity index (χ2v) is 14.6. The third-order valence-corrected chi connectivity index (χ3v) is 5.96. The van der Waals surface area contributed by atoms with Crippen LogP contribution in [0.15, 0.2) is 11.4 Å². The molecule has 3 nitrogen and oxygen atoms in total. The molecule has 5 heteroatoms. The minimum Gasteiger partial charge on any atom is -0.382 e. The fourth-order valence-corrected chi connectivity index (χ4v) is 4.13. The summed E-state index contributed by atoms with van der Waals surface area (Å²) in [5.41, 5.74) is 3.73. The van der Waals surface area contributed by atoms with Crippen molar-refractivity contribution in [2.45, 2.75) is 47.0 Å². The van der Waals surface area contributed by atoms with Gasteiger partial charge < -0.3 is 13.8 Å². The van der Waals surface area contributed by atoms with Gasteiger partial charge in [-0.25, -0.2) is 0 Å². The summed E-state index contributed by atoms with van der Waals surface area (Å²) in [7, 11) is -0.123. The van der Waals surface area contributed by atoms with E-state index in [-0.39, 0.29) is 5.41 Å². The van der Waals surface area contributed by atoms with E-state index in [1.807, 2.05) is 6.55 Å². The van der Waals surface area contributed by atoms with Crippen molar-refractivity contribution in [2.24, 2.45) is 5.41 Å². The van der Waals surface area contributed by atoms with Crippen LogP contribution in [0, 0.1) is 5.41 Å². The van der Waals surface area contributed by atoms with E-state index in [4.69, 9.17) is 8.85 Å². The van der Waals surface area contributed by atoms with Gasteiger partial charge in [0, 0.05) is 25.3 Å². The van der Waals surface area contributed by atoms with Crippen molar-refractivity contribution >= 4 is 16.8 Å². The average Bonchev–Trinajstić information content (AvgIpc) is 2.13. The van der Waals surface area contributed by atoms with E-state index < -0.39 is 16.8 Å². The van der Waals surface area contributed by atoms with E-state index in [0.29, 0.717) is 0 Å². The lowest BCUT2D eigenvalue weighted by Gasteiger charge is -2.33. The molecule has 0 fully saturated rings. The zero-order valence-corrected chi connectivity index (χ0v) is 14.9. The number of rotatable bonds is 5. The van der Waals surface area contributed by atoms with E-state index in [9.17, 15) is 0 Å². The normalized spacial score (nSPS) is 15.0. The maximum Gasteiger partial charge on any atom is 0.452 e. The van der Waals surface area contributed by atoms with Crippen molar-refractivity contribution in [3.63, 3.8) is 0 Å². The summed E-state index contributed by atoms with van der Waals surface area (Å²) in [4.78, 5) is 3.52. The van der Waals surface area contributed by atoms with Crippen molar-refractivity contribution in [1.82, 2.24) is 4.98 Å². The first-order valence-electron chi connectivity index (χ1n) is 6.05. The molecular weight excluding hydrogens is 246 g/mol. The third-order valence-electron chi connectivity index (χ3n) is 2.53. The molecule has 0 saturated heterocycles. The van der Waals surface area contributed by atoms with Crippen molar-refractivity contribution in [2.75, 3.05) is 14.2 Å². The molecule has 0 aliphatic heterocycles. The number of nitrogens with one attached hydrogen (secondary N) is 1. The molecule has 0 heterocycles. The summed E-state index contributed by atoms with van der Waals surface area (Å²) in [6, 6.07) is 0. The molecule has 0 amide bonds. The summed E-state index contributed by atoms with van der Waals surface area (Å²) >= 11 is 0. The summed E-state index contributed by atoms with van der Waals surface area (Å²) in [6.45, 7) is 15.7. The molecule has 0 saturated carbocycles. The third kappa shape index (κ3) is 6.40. The van der Waals surface area contributed by atoms with Gasteiger partial charge in [-0.05, 0) is 6.55 Å². The van der Waals surface area contributed by atoms with Gasteiger partial charge in [-0.15, -0.1) is 0 Å². The zero-order valence-electron chi connectivity index (χ0n) is 12.9. The molecule has 17 heavy (non-hydrogen) atoms. The van der Waals surface area contributed by atoms with Crippen molar-refractivity contribution in [3.8, 4) is 0 Å². The van der Waals surface area contributed by atoms with Gasteiger partial charge in [-0.1, -0.05) is 46.1 Å². The highest BCUT2D eigenvalue weighted by molar-refractivity contribution is 6.81. The van der Waals surface area contributed by atoms with Crippen LogP contribution in [0.4, 0.5) is 0 Å².